The summed E-state index contributed by atoms with van der Waals surface area (Å²) in [4.78, 5) is 12.6. The molecular formula is C17H18N2O2S. The summed E-state index contributed by atoms with van der Waals surface area (Å²) in [6.07, 6.45) is 0. The Bertz CT molecular complexity index is 804. The van der Waals surface area contributed by atoms with Crippen molar-refractivity contribution in [1.82, 2.24) is 4.57 Å². The predicted octanol–water partition coefficient (Wildman–Crippen LogP) is 4.37. The zero-order valence-corrected chi connectivity index (χ0v) is 13.4. The highest BCUT2D eigenvalue weighted by Gasteiger charge is 2.16. The summed E-state index contributed by atoms with van der Waals surface area (Å²) >= 11 is 1.65. The number of fused-ring (bicyclic) bond motifs is 1. The van der Waals surface area contributed by atoms with E-state index >= 15 is 0 Å². The molecule has 0 bridgehead atoms. The number of hydrogen-bond donors (Lipinski definition) is 1. The molecule has 0 fully saturated rings. The van der Waals surface area contributed by atoms with E-state index in [1.165, 1.54) is 0 Å². The molecule has 0 atom stereocenters. The zero-order chi connectivity index (χ0) is 15.5. The SMILES string of the molecule is CCOc1ccccc1NC(=O)c1cc2sccc2n1CC. The summed E-state index contributed by atoms with van der Waals surface area (Å²) in [5, 5.41) is 5.00. The average Bonchev–Trinajstić information content (AvgIpc) is 3.09. The van der Waals surface area contributed by atoms with Crippen LogP contribution in [0, 0.1) is 0 Å². The first kappa shape index (κ1) is 14.7. The van der Waals surface area contributed by atoms with Crippen molar-refractivity contribution in [3.8, 4) is 5.75 Å². The molecule has 0 saturated heterocycles. The number of carbonyl (C=O) groups excluding carboxylic acids is 1. The smallest absolute Gasteiger partial charge is 0.272 e. The lowest BCUT2D eigenvalue weighted by molar-refractivity contribution is 0.101. The van der Waals surface area contributed by atoms with E-state index in [1.807, 2.05) is 54.1 Å². The number of aryl methyl sites for hydroxylation is 1. The zero-order valence-electron chi connectivity index (χ0n) is 12.6. The second-order valence-electron chi connectivity index (χ2n) is 4.83. The number of aromatic nitrogens is 1. The Labute approximate surface area is 133 Å². The van der Waals surface area contributed by atoms with Crippen molar-refractivity contribution in [2.24, 2.45) is 0 Å². The van der Waals surface area contributed by atoms with Crippen molar-refractivity contribution in [1.29, 1.82) is 0 Å². The number of carbonyl (C=O) groups is 1. The van der Waals surface area contributed by atoms with Crippen LogP contribution in [-0.4, -0.2) is 17.1 Å². The maximum absolute atomic E-state index is 12.6. The van der Waals surface area contributed by atoms with Crippen LogP contribution >= 0.6 is 11.3 Å². The third-order valence-electron chi connectivity index (χ3n) is 3.51. The van der Waals surface area contributed by atoms with E-state index in [1.54, 1.807) is 11.3 Å². The molecule has 0 aliphatic carbocycles. The topological polar surface area (TPSA) is 43.3 Å². The molecule has 2 aromatic heterocycles. The minimum absolute atomic E-state index is 0.114. The van der Waals surface area contributed by atoms with Crippen LogP contribution < -0.4 is 10.1 Å². The summed E-state index contributed by atoms with van der Waals surface area (Å²) in [5.41, 5.74) is 2.48. The minimum Gasteiger partial charge on any atom is -0.492 e. The van der Waals surface area contributed by atoms with E-state index in [-0.39, 0.29) is 5.91 Å². The minimum atomic E-state index is -0.114. The number of para-hydroxylation sites is 2. The highest BCUT2D eigenvalue weighted by Crippen LogP contribution is 2.28. The van der Waals surface area contributed by atoms with Gasteiger partial charge >= 0.3 is 0 Å². The van der Waals surface area contributed by atoms with Crippen LogP contribution in [-0.2, 0) is 6.54 Å². The van der Waals surface area contributed by atoms with Gasteiger partial charge in [0.25, 0.3) is 5.91 Å². The van der Waals surface area contributed by atoms with E-state index in [4.69, 9.17) is 4.74 Å². The van der Waals surface area contributed by atoms with E-state index in [2.05, 4.69) is 11.4 Å². The predicted molar refractivity (Wildman–Crippen MR) is 91.1 cm³/mol. The van der Waals surface area contributed by atoms with Gasteiger partial charge in [-0.2, -0.15) is 0 Å². The Balaban J connectivity index is 1.92. The molecule has 5 heteroatoms. The molecule has 0 aliphatic rings. The van der Waals surface area contributed by atoms with Crippen molar-refractivity contribution in [3.63, 3.8) is 0 Å². The molecule has 1 aromatic carbocycles. The number of benzene rings is 1. The number of nitrogens with zero attached hydrogens (tertiary/aromatic N) is 1. The van der Waals surface area contributed by atoms with Crippen molar-refractivity contribution < 1.29 is 9.53 Å². The van der Waals surface area contributed by atoms with Gasteiger partial charge in [-0.1, -0.05) is 12.1 Å². The number of thiophene rings is 1. The van der Waals surface area contributed by atoms with Gasteiger partial charge < -0.3 is 14.6 Å². The molecule has 0 spiro atoms. The van der Waals surface area contributed by atoms with Gasteiger partial charge in [-0.3, -0.25) is 4.79 Å². The van der Waals surface area contributed by atoms with Gasteiger partial charge in [0.15, 0.2) is 0 Å². The van der Waals surface area contributed by atoms with Crippen LogP contribution in [0.25, 0.3) is 10.2 Å². The molecule has 3 rings (SSSR count). The highest BCUT2D eigenvalue weighted by atomic mass is 32.1. The summed E-state index contributed by atoms with van der Waals surface area (Å²) in [5.74, 6) is 0.576. The first-order valence-electron chi connectivity index (χ1n) is 7.34. The normalized spacial score (nSPS) is 10.8. The number of anilines is 1. The molecule has 0 saturated carbocycles. The number of nitrogens with one attached hydrogen (secondary N) is 1. The van der Waals surface area contributed by atoms with Crippen molar-refractivity contribution in [3.05, 3.63) is 47.5 Å². The molecule has 2 heterocycles. The second-order valence-corrected chi connectivity index (χ2v) is 5.77. The van der Waals surface area contributed by atoms with Gasteiger partial charge in [0.1, 0.15) is 11.4 Å². The number of amides is 1. The van der Waals surface area contributed by atoms with Gasteiger partial charge in [0, 0.05) is 6.54 Å². The lowest BCUT2D eigenvalue weighted by Gasteiger charge is -2.12. The molecule has 0 unspecified atom stereocenters. The Morgan fingerprint density at radius 1 is 1.27 bits per heavy atom. The van der Waals surface area contributed by atoms with Gasteiger partial charge in [-0.25, -0.2) is 0 Å². The summed E-state index contributed by atoms with van der Waals surface area (Å²) in [6, 6.07) is 11.5. The molecule has 0 aliphatic heterocycles. The summed E-state index contributed by atoms with van der Waals surface area (Å²) < 4.78 is 8.72. The van der Waals surface area contributed by atoms with Crippen LogP contribution in [0.4, 0.5) is 5.69 Å². The quantitative estimate of drug-likeness (QED) is 0.759. The molecule has 22 heavy (non-hydrogen) atoms. The Morgan fingerprint density at radius 2 is 2.09 bits per heavy atom. The van der Waals surface area contributed by atoms with Crippen LogP contribution in [0.15, 0.2) is 41.8 Å². The van der Waals surface area contributed by atoms with Crippen LogP contribution in [0.2, 0.25) is 0 Å². The molecule has 1 amide bonds. The molecule has 114 valence electrons. The van der Waals surface area contributed by atoms with Crippen LogP contribution in [0.1, 0.15) is 24.3 Å². The molecule has 0 radical (unpaired) electrons. The molecule has 4 nitrogen and oxygen atoms in total. The average molecular weight is 314 g/mol. The standard InChI is InChI=1S/C17H18N2O2S/c1-3-19-13-9-10-22-16(13)11-14(19)17(20)18-12-7-5-6-8-15(12)21-4-2/h5-11H,3-4H2,1-2H3,(H,18,20). The van der Waals surface area contributed by atoms with E-state index in [0.29, 0.717) is 23.7 Å². The Morgan fingerprint density at radius 3 is 2.86 bits per heavy atom. The van der Waals surface area contributed by atoms with Gasteiger partial charge in [-0.15, -0.1) is 11.3 Å². The van der Waals surface area contributed by atoms with Crippen LogP contribution in [0.5, 0.6) is 5.75 Å². The third kappa shape index (κ3) is 2.60. The fraction of sp³-hybridized carbons (Fsp3) is 0.235. The van der Waals surface area contributed by atoms with E-state index in [9.17, 15) is 4.79 Å². The lowest BCUT2D eigenvalue weighted by Crippen LogP contribution is -2.17. The number of hydrogen-bond acceptors (Lipinski definition) is 3. The summed E-state index contributed by atoms with van der Waals surface area (Å²) in [6.45, 7) is 5.29. The molecular weight excluding hydrogens is 296 g/mol. The monoisotopic (exact) mass is 314 g/mol. The lowest BCUT2D eigenvalue weighted by atomic mass is 10.2. The Kier molecular flexibility index (Phi) is 4.15. The summed E-state index contributed by atoms with van der Waals surface area (Å²) in [7, 11) is 0. The van der Waals surface area contributed by atoms with Crippen molar-refractivity contribution in [2.75, 3.05) is 11.9 Å². The van der Waals surface area contributed by atoms with Gasteiger partial charge in [0.05, 0.1) is 22.5 Å². The highest BCUT2D eigenvalue weighted by molar-refractivity contribution is 7.17. The largest absolute Gasteiger partial charge is 0.492 e. The number of ether oxygens (including phenoxy) is 1. The maximum Gasteiger partial charge on any atom is 0.272 e. The molecule has 3 aromatic rings. The first-order chi connectivity index (χ1) is 10.7. The maximum atomic E-state index is 12.6. The number of rotatable bonds is 5. The van der Waals surface area contributed by atoms with Crippen LogP contribution in [0.3, 0.4) is 0 Å². The van der Waals surface area contributed by atoms with Crippen molar-refractivity contribution in [2.45, 2.75) is 20.4 Å². The van der Waals surface area contributed by atoms with E-state index < -0.39 is 0 Å². The fourth-order valence-electron chi connectivity index (χ4n) is 2.54. The third-order valence-corrected chi connectivity index (χ3v) is 4.36. The first-order valence-corrected chi connectivity index (χ1v) is 8.22. The fourth-order valence-corrected chi connectivity index (χ4v) is 3.37. The Hall–Kier alpha value is -2.27. The second kappa shape index (κ2) is 6.23. The van der Waals surface area contributed by atoms with Crippen molar-refractivity contribution >= 4 is 33.1 Å². The van der Waals surface area contributed by atoms with Gasteiger partial charge in [-0.05, 0) is 43.5 Å². The van der Waals surface area contributed by atoms with E-state index in [0.717, 1.165) is 16.8 Å². The van der Waals surface area contributed by atoms with Gasteiger partial charge in [0.2, 0.25) is 0 Å². The molecule has 1 N–H and O–H groups in total.